The Morgan fingerprint density at radius 1 is 1.75 bits per heavy atom. The van der Waals surface area contributed by atoms with E-state index in [1.54, 1.807) is 0 Å². The van der Waals surface area contributed by atoms with Crippen molar-refractivity contribution in [3.05, 3.63) is 12.2 Å². The molecule has 0 aromatic rings. The van der Waals surface area contributed by atoms with Gasteiger partial charge in [-0.1, -0.05) is 13.5 Å². The van der Waals surface area contributed by atoms with Crippen molar-refractivity contribution in [3.8, 4) is 0 Å². The second-order valence-electron chi connectivity index (χ2n) is 2.81. The van der Waals surface area contributed by atoms with Crippen LogP contribution in [0.1, 0.15) is 19.8 Å². The van der Waals surface area contributed by atoms with Gasteiger partial charge in [0.25, 0.3) is 0 Å². The first-order valence-corrected chi connectivity index (χ1v) is 4.23. The molecular formula is C9H14O3. The Morgan fingerprint density at radius 2 is 2.42 bits per heavy atom. The van der Waals surface area contributed by atoms with Gasteiger partial charge in [-0.2, -0.15) is 0 Å². The van der Waals surface area contributed by atoms with Gasteiger partial charge in [0, 0.05) is 6.42 Å². The fraction of sp³-hybridized carbons (Fsp3) is 0.667. The molecule has 0 radical (unpaired) electrons. The fourth-order valence-corrected chi connectivity index (χ4v) is 0.929. The van der Waals surface area contributed by atoms with Crippen molar-refractivity contribution in [2.24, 2.45) is 0 Å². The van der Waals surface area contributed by atoms with Gasteiger partial charge in [-0.25, -0.2) is 4.79 Å². The minimum Gasteiger partial charge on any atom is -0.462 e. The van der Waals surface area contributed by atoms with Crippen molar-refractivity contribution in [1.29, 1.82) is 0 Å². The predicted octanol–water partition coefficient (Wildman–Crippen LogP) is 1.28. The van der Waals surface area contributed by atoms with Crippen molar-refractivity contribution in [2.75, 3.05) is 13.2 Å². The maximum Gasteiger partial charge on any atom is 0.336 e. The average molecular weight is 170 g/mol. The Labute approximate surface area is 72.4 Å². The zero-order valence-corrected chi connectivity index (χ0v) is 7.34. The summed E-state index contributed by atoms with van der Waals surface area (Å²) >= 11 is 0. The van der Waals surface area contributed by atoms with Crippen molar-refractivity contribution in [2.45, 2.75) is 25.9 Å². The molecule has 1 rings (SSSR count). The van der Waals surface area contributed by atoms with Crippen LogP contribution in [0.3, 0.4) is 0 Å². The third-order valence-corrected chi connectivity index (χ3v) is 1.79. The largest absolute Gasteiger partial charge is 0.462 e. The highest BCUT2D eigenvalue weighted by molar-refractivity contribution is 5.88. The van der Waals surface area contributed by atoms with E-state index in [0.717, 1.165) is 19.4 Å². The quantitative estimate of drug-likeness (QED) is 0.471. The summed E-state index contributed by atoms with van der Waals surface area (Å²) in [6, 6.07) is 0. The molecule has 0 amide bonds. The van der Waals surface area contributed by atoms with Gasteiger partial charge in [0.15, 0.2) is 0 Å². The molecule has 1 fully saturated rings. The molecule has 0 aromatic carbocycles. The molecule has 0 aliphatic carbocycles. The van der Waals surface area contributed by atoms with Crippen LogP contribution < -0.4 is 0 Å². The van der Waals surface area contributed by atoms with Gasteiger partial charge in [0.05, 0.1) is 24.9 Å². The topological polar surface area (TPSA) is 35.5 Å². The van der Waals surface area contributed by atoms with Crippen LogP contribution in [0.5, 0.6) is 0 Å². The molecule has 3 nitrogen and oxygen atoms in total. The van der Waals surface area contributed by atoms with E-state index in [1.807, 2.05) is 6.92 Å². The fourth-order valence-electron chi connectivity index (χ4n) is 0.929. The van der Waals surface area contributed by atoms with Crippen LogP contribution in [0.25, 0.3) is 0 Å². The molecule has 68 valence electrons. The number of esters is 1. The summed E-state index contributed by atoms with van der Waals surface area (Å²) in [5.74, 6) is -0.318. The van der Waals surface area contributed by atoms with Crippen LogP contribution >= 0.6 is 0 Å². The van der Waals surface area contributed by atoms with Crippen LogP contribution in [-0.4, -0.2) is 25.3 Å². The lowest BCUT2D eigenvalue weighted by molar-refractivity contribution is -0.142. The summed E-state index contributed by atoms with van der Waals surface area (Å²) in [5.41, 5.74) is 0.453. The Morgan fingerprint density at radius 3 is 2.83 bits per heavy atom. The molecular weight excluding hydrogens is 156 g/mol. The number of carbonyl (C=O) groups is 1. The van der Waals surface area contributed by atoms with Gasteiger partial charge in [-0.3, -0.25) is 0 Å². The van der Waals surface area contributed by atoms with Crippen LogP contribution in [0.4, 0.5) is 0 Å². The van der Waals surface area contributed by atoms with E-state index in [1.165, 1.54) is 0 Å². The van der Waals surface area contributed by atoms with Crippen molar-refractivity contribution in [1.82, 2.24) is 0 Å². The van der Waals surface area contributed by atoms with Gasteiger partial charge in [0.1, 0.15) is 0 Å². The Balaban J connectivity index is 2.25. The number of rotatable bonds is 4. The first kappa shape index (κ1) is 9.26. The minimum atomic E-state index is -0.318. The van der Waals surface area contributed by atoms with E-state index >= 15 is 0 Å². The molecule has 1 aliphatic rings. The lowest BCUT2D eigenvalue weighted by Gasteiger charge is -2.26. The van der Waals surface area contributed by atoms with Crippen molar-refractivity contribution < 1.29 is 14.3 Å². The van der Waals surface area contributed by atoms with Gasteiger partial charge in [0.2, 0.25) is 0 Å². The van der Waals surface area contributed by atoms with Crippen LogP contribution in [0.2, 0.25) is 0 Å². The average Bonchev–Trinajstić information content (AvgIpc) is 1.96. The van der Waals surface area contributed by atoms with Crippen LogP contribution in [0, 0.1) is 0 Å². The third-order valence-electron chi connectivity index (χ3n) is 1.79. The van der Waals surface area contributed by atoms with E-state index < -0.39 is 0 Å². The molecule has 1 atom stereocenters. The van der Waals surface area contributed by atoms with E-state index in [4.69, 9.17) is 9.47 Å². The highest BCUT2D eigenvalue weighted by Gasteiger charge is 2.26. The molecule has 1 aliphatic heterocycles. The summed E-state index contributed by atoms with van der Waals surface area (Å²) in [5, 5.41) is 0. The molecule has 0 aromatic heterocycles. The van der Waals surface area contributed by atoms with E-state index in [0.29, 0.717) is 12.2 Å². The Bertz CT molecular complexity index is 182. The number of carbonyl (C=O) groups excluding carboxylic acids is 1. The smallest absolute Gasteiger partial charge is 0.336 e. The van der Waals surface area contributed by atoms with Crippen LogP contribution in [0.15, 0.2) is 12.2 Å². The third kappa shape index (κ3) is 2.08. The molecule has 1 saturated heterocycles. The maximum absolute atomic E-state index is 11.1. The lowest BCUT2D eigenvalue weighted by Crippen LogP contribution is -2.32. The molecule has 1 heterocycles. The lowest BCUT2D eigenvalue weighted by atomic mass is 10.1. The van der Waals surface area contributed by atoms with Gasteiger partial charge < -0.3 is 9.47 Å². The number of hydrogen-bond donors (Lipinski definition) is 0. The normalized spacial score (nSPS) is 21.2. The summed E-state index contributed by atoms with van der Waals surface area (Å²) in [4.78, 5) is 11.1. The Kier molecular flexibility index (Phi) is 3.29. The second kappa shape index (κ2) is 4.26. The highest BCUT2D eigenvalue weighted by atomic mass is 16.5. The summed E-state index contributed by atoms with van der Waals surface area (Å²) in [6.07, 6.45) is 1.64. The SMILES string of the molecule is C=C(C(=O)OCCC)C1CCO1. The first-order valence-electron chi connectivity index (χ1n) is 4.23. The van der Waals surface area contributed by atoms with Gasteiger partial charge in [-0.15, -0.1) is 0 Å². The predicted molar refractivity (Wildman–Crippen MR) is 44.7 cm³/mol. The molecule has 0 saturated carbocycles. The van der Waals surface area contributed by atoms with E-state index in [2.05, 4.69) is 6.58 Å². The molecule has 1 unspecified atom stereocenters. The maximum atomic E-state index is 11.1. The van der Waals surface area contributed by atoms with Crippen LogP contribution in [-0.2, 0) is 14.3 Å². The number of hydrogen-bond acceptors (Lipinski definition) is 3. The molecule has 0 bridgehead atoms. The summed E-state index contributed by atoms with van der Waals surface area (Å²) < 4.78 is 9.98. The zero-order valence-electron chi connectivity index (χ0n) is 7.34. The van der Waals surface area contributed by atoms with E-state index in [-0.39, 0.29) is 12.1 Å². The number of ether oxygens (including phenoxy) is 2. The second-order valence-corrected chi connectivity index (χ2v) is 2.81. The Hall–Kier alpha value is -0.830. The molecule has 0 N–H and O–H groups in total. The summed E-state index contributed by atoms with van der Waals surface area (Å²) in [6.45, 7) is 6.77. The monoisotopic (exact) mass is 170 g/mol. The summed E-state index contributed by atoms with van der Waals surface area (Å²) in [7, 11) is 0. The van der Waals surface area contributed by atoms with Gasteiger partial charge in [-0.05, 0) is 6.42 Å². The molecule has 0 spiro atoms. The highest BCUT2D eigenvalue weighted by Crippen LogP contribution is 2.19. The zero-order chi connectivity index (χ0) is 8.97. The van der Waals surface area contributed by atoms with E-state index in [9.17, 15) is 4.79 Å². The molecule has 12 heavy (non-hydrogen) atoms. The molecule has 3 heteroatoms. The van der Waals surface area contributed by atoms with Crippen molar-refractivity contribution in [3.63, 3.8) is 0 Å². The van der Waals surface area contributed by atoms with Gasteiger partial charge >= 0.3 is 5.97 Å². The first-order chi connectivity index (χ1) is 5.75. The standard InChI is InChI=1S/C9H14O3/c1-3-5-12-9(10)7(2)8-4-6-11-8/h8H,2-6H2,1H3. The van der Waals surface area contributed by atoms with Crippen molar-refractivity contribution >= 4 is 5.97 Å². The minimum absolute atomic E-state index is 0.0886.